The lowest BCUT2D eigenvalue weighted by Crippen LogP contribution is -2.27. The highest BCUT2D eigenvalue weighted by Gasteiger charge is 2.05. The van der Waals surface area contributed by atoms with E-state index in [0.717, 1.165) is 13.0 Å². The molecular weight excluding hydrogens is 218 g/mol. The monoisotopic (exact) mass is 239 g/mol. The maximum Gasteiger partial charge on any atom is 0.0322 e. The average Bonchev–Trinajstić information content (AvgIpc) is 2.12. The molecule has 0 saturated carbocycles. The van der Waals surface area contributed by atoms with Crippen LogP contribution in [-0.4, -0.2) is 11.4 Å². The van der Waals surface area contributed by atoms with Gasteiger partial charge in [-0.3, -0.25) is 0 Å². The van der Waals surface area contributed by atoms with Crippen LogP contribution in [0.1, 0.15) is 37.0 Å². The lowest BCUT2D eigenvalue weighted by Gasteiger charge is -2.15. The highest BCUT2D eigenvalue weighted by molar-refractivity contribution is 6.20. The number of nitrogens with one attached hydrogen (secondary N) is 1. The maximum absolute atomic E-state index is 5.96. The Morgan fingerprint density at radius 3 is 2.19 bits per heavy atom. The third-order valence-corrected chi connectivity index (χ3v) is 2.79. The minimum Gasteiger partial charge on any atom is -0.310 e. The van der Waals surface area contributed by atoms with E-state index >= 15 is 0 Å². The van der Waals surface area contributed by atoms with Crippen molar-refractivity contribution in [1.82, 2.24) is 5.32 Å². The van der Waals surface area contributed by atoms with E-state index in [1.807, 2.05) is 6.92 Å². The molecule has 0 bridgehead atoms. The van der Waals surface area contributed by atoms with Crippen molar-refractivity contribution in [2.24, 2.45) is 0 Å². The van der Waals surface area contributed by atoms with Crippen LogP contribution < -0.4 is 5.32 Å². The molecule has 2 heteroatoms. The molecule has 1 rings (SSSR count). The van der Waals surface area contributed by atoms with Crippen molar-refractivity contribution in [3.63, 3.8) is 0 Å². The minimum absolute atomic E-state index is 0.238. The van der Waals surface area contributed by atoms with Crippen molar-refractivity contribution in [1.29, 1.82) is 0 Å². The highest BCUT2D eigenvalue weighted by atomic mass is 35.5. The number of rotatable bonds is 5. The summed E-state index contributed by atoms with van der Waals surface area (Å²) in [5, 5.41) is 3.74. The number of aryl methyl sites for hydroxylation is 2. The minimum atomic E-state index is 0.238. The molecule has 0 aliphatic carbocycles. The van der Waals surface area contributed by atoms with Gasteiger partial charge in [0.25, 0.3) is 0 Å². The predicted molar refractivity (Wildman–Crippen MR) is 72.1 cm³/mol. The van der Waals surface area contributed by atoms with Crippen LogP contribution in [0.5, 0.6) is 0 Å². The SMILES string of the molecule is Cc1cc(C)cc(CNC(C)CC(C)Cl)c1. The fourth-order valence-electron chi connectivity index (χ4n) is 2.03. The first kappa shape index (κ1) is 13.5. The number of hydrogen-bond acceptors (Lipinski definition) is 1. The predicted octanol–water partition coefficient (Wildman–Crippen LogP) is 3.80. The summed E-state index contributed by atoms with van der Waals surface area (Å²) in [5.41, 5.74) is 4.01. The quantitative estimate of drug-likeness (QED) is 0.771. The Morgan fingerprint density at radius 1 is 1.12 bits per heavy atom. The van der Waals surface area contributed by atoms with E-state index in [4.69, 9.17) is 11.6 Å². The molecule has 0 fully saturated rings. The molecule has 1 aromatic carbocycles. The largest absolute Gasteiger partial charge is 0.310 e. The second kappa shape index (κ2) is 6.27. The number of halogens is 1. The molecule has 16 heavy (non-hydrogen) atoms. The van der Waals surface area contributed by atoms with Crippen molar-refractivity contribution in [2.45, 2.75) is 52.1 Å². The fourth-order valence-corrected chi connectivity index (χ4v) is 2.30. The molecule has 90 valence electrons. The van der Waals surface area contributed by atoms with E-state index in [1.54, 1.807) is 0 Å². The van der Waals surface area contributed by atoms with Gasteiger partial charge in [0.1, 0.15) is 0 Å². The molecular formula is C14H22ClN. The van der Waals surface area contributed by atoms with Gasteiger partial charge >= 0.3 is 0 Å². The Balaban J connectivity index is 2.48. The van der Waals surface area contributed by atoms with E-state index < -0.39 is 0 Å². The van der Waals surface area contributed by atoms with Crippen LogP contribution in [0.3, 0.4) is 0 Å². The molecule has 2 unspecified atom stereocenters. The standard InChI is InChI=1S/C14H22ClN/c1-10-5-11(2)7-14(6-10)9-16-13(4)8-12(3)15/h5-7,12-13,16H,8-9H2,1-4H3. The van der Waals surface area contributed by atoms with Gasteiger partial charge in [-0.25, -0.2) is 0 Å². The lowest BCUT2D eigenvalue weighted by atomic mass is 10.1. The van der Waals surface area contributed by atoms with Gasteiger partial charge in [0.15, 0.2) is 0 Å². The van der Waals surface area contributed by atoms with Gasteiger partial charge in [-0.1, -0.05) is 29.3 Å². The molecule has 0 aromatic heterocycles. The van der Waals surface area contributed by atoms with Gasteiger partial charge in [-0.2, -0.15) is 0 Å². The Morgan fingerprint density at radius 2 is 1.69 bits per heavy atom. The smallest absolute Gasteiger partial charge is 0.0322 e. The van der Waals surface area contributed by atoms with Crippen molar-refractivity contribution in [3.8, 4) is 0 Å². The van der Waals surface area contributed by atoms with E-state index in [9.17, 15) is 0 Å². The van der Waals surface area contributed by atoms with Crippen LogP contribution in [0.25, 0.3) is 0 Å². The van der Waals surface area contributed by atoms with Gasteiger partial charge < -0.3 is 5.32 Å². The zero-order valence-corrected chi connectivity index (χ0v) is 11.4. The highest BCUT2D eigenvalue weighted by Crippen LogP contribution is 2.10. The zero-order valence-electron chi connectivity index (χ0n) is 10.7. The first-order chi connectivity index (χ1) is 7.47. The van der Waals surface area contributed by atoms with Gasteiger partial charge in [0, 0.05) is 18.0 Å². The van der Waals surface area contributed by atoms with Crippen LogP contribution in [0.2, 0.25) is 0 Å². The van der Waals surface area contributed by atoms with Crippen LogP contribution in [0, 0.1) is 13.8 Å². The molecule has 0 saturated heterocycles. The number of hydrogen-bond donors (Lipinski definition) is 1. The summed E-state index contributed by atoms with van der Waals surface area (Å²) in [6, 6.07) is 7.13. The van der Waals surface area contributed by atoms with Crippen molar-refractivity contribution in [3.05, 3.63) is 34.9 Å². The molecule has 0 heterocycles. The first-order valence-corrected chi connectivity index (χ1v) is 6.35. The van der Waals surface area contributed by atoms with Crippen LogP contribution in [0.4, 0.5) is 0 Å². The van der Waals surface area contributed by atoms with E-state index in [0.29, 0.717) is 6.04 Å². The van der Waals surface area contributed by atoms with Crippen molar-refractivity contribution < 1.29 is 0 Å². The molecule has 0 spiro atoms. The van der Waals surface area contributed by atoms with Crippen LogP contribution in [-0.2, 0) is 6.54 Å². The van der Waals surface area contributed by atoms with E-state index in [-0.39, 0.29) is 5.38 Å². The van der Waals surface area contributed by atoms with E-state index in [2.05, 4.69) is 44.3 Å². The Hall–Kier alpha value is -0.530. The topological polar surface area (TPSA) is 12.0 Å². The van der Waals surface area contributed by atoms with Crippen LogP contribution >= 0.6 is 11.6 Å². The second-order valence-corrected chi connectivity index (χ2v) is 5.54. The third kappa shape index (κ3) is 5.00. The summed E-state index contributed by atoms with van der Waals surface area (Å²) in [6.45, 7) is 9.42. The molecule has 1 nitrogen and oxygen atoms in total. The van der Waals surface area contributed by atoms with Gasteiger partial charge in [0.2, 0.25) is 0 Å². The average molecular weight is 240 g/mol. The Labute approximate surface area is 104 Å². The van der Waals surface area contributed by atoms with Crippen LogP contribution in [0.15, 0.2) is 18.2 Å². The summed E-state index contributed by atoms with van der Waals surface area (Å²) in [7, 11) is 0. The summed E-state index contributed by atoms with van der Waals surface area (Å²) in [4.78, 5) is 0. The zero-order chi connectivity index (χ0) is 12.1. The summed E-state index contributed by atoms with van der Waals surface area (Å²) in [6.07, 6.45) is 1.01. The molecule has 0 amide bonds. The first-order valence-electron chi connectivity index (χ1n) is 5.92. The van der Waals surface area contributed by atoms with Gasteiger partial charge in [-0.15, -0.1) is 11.6 Å². The molecule has 0 radical (unpaired) electrons. The third-order valence-electron chi connectivity index (χ3n) is 2.61. The number of alkyl halides is 1. The molecule has 1 N–H and O–H groups in total. The molecule has 1 aromatic rings. The lowest BCUT2D eigenvalue weighted by molar-refractivity contribution is 0.511. The summed E-state index contributed by atoms with van der Waals surface area (Å²) >= 11 is 5.96. The normalized spacial score (nSPS) is 14.8. The van der Waals surface area contributed by atoms with E-state index in [1.165, 1.54) is 16.7 Å². The molecule has 0 aliphatic heterocycles. The summed E-state index contributed by atoms with van der Waals surface area (Å²) < 4.78 is 0. The van der Waals surface area contributed by atoms with Gasteiger partial charge in [-0.05, 0) is 39.7 Å². The fraction of sp³-hybridized carbons (Fsp3) is 0.571. The van der Waals surface area contributed by atoms with Crippen molar-refractivity contribution in [2.75, 3.05) is 0 Å². The van der Waals surface area contributed by atoms with Gasteiger partial charge in [0.05, 0.1) is 0 Å². The second-order valence-electron chi connectivity index (χ2n) is 4.79. The Bertz CT molecular complexity index is 313. The van der Waals surface area contributed by atoms with Crippen molar-refractivity contribution >= 4 is 11.6 Å². The maximum atomic E-state index is 5.96. The summed E-state index contributed by atoms with van der Waals surface area (Å²) in [5.74, 6) is 0. The molecule has 2 atom stereocenters. The Kier molecular flexibility index (Phi) is 5.30. The number of benzene rings is 1. The molecule has 0 aliphatic rings.